The Morgan fingerprint density at radius 3 is 2.47 bits per heavy atom. The van der Waals surface area contributed by atoms with Crippen LogP contribution in [-0.2, 0) is 19.6 Å². The molecule has 1 saturated heterocycles. The average molecular weight is 557 g/mol. The number of aromatic nitrogens is 1. The van der Waals surface area contributed by atoms with E-state index < -0.39 is 15.9 Å². The van der Waals surface area contributed by atoms with Gasteiger partial charge in [-0.1, -0.05) is 17.3 Å². The van der Waals surface area contributed by atoms with Crippen LogP contribution in [0.2, 0.25) is 0 Å². The molecule has 2 heterocycles. The van der Waals surface area contributed by atoms with E-state index in [9.17, 15) is 22.8 Å². The largest absolute Gasteiger partial charge is 0.497 e. The van der Waals surface area contributed by atoms with Gasteiger partial charge in [-0.3, -0.25) is 24.0 Å². The topological polar surface area (TPSA) is 148 Å². The number of ether oxygens (including phenoxy) is 1. The van der Waals surface area contributed by atoms with Crippen LogP contribution in [0.3, 0.4) is 0 Å². The fourth-order valence-corrected chi connectivity index (χ4v) is 5.38. The van der Waals surface area contributed by atoms with Crippen molar-refractivity contribution in [3.05, 3.63) is 70.8 Å². The number of methoxy groups -OCH3 is 1. The molecule has 198 valence electrons. The van der Waals surface area contributed by atoms with E-state index >= 15 is 0 Å². The lowest BCUT2D eigenvalue weighted by molar-refractivity contribution is -0.123. The second-order valence-electron chi connectivity index (χ2n) is 8.23. The number of imide groups is 1. The number of sulfonamides is 1. The van der Waals surface area contributed by atoms with E-state index in [1.165, 1.54) is 30.5 Å². The highest BCUT2D eigenvalue weighted by Crippen LogP contribution is 2.32. The van der Waals surface area contributed by atoms with Crippen molar-refractivity contribution in [2.75, 3.05) is 23.7 Å². The number of nitrogens with zero attached hydrogens (tertiary/aromatic N) is 2. The van der Waals surface area contributed by atoms with E-state index in [-0.39, 0.29) is 41.2 Å². The predicted octanol–water partition coefficient (Wildman–Crippen LogP) is 4.25. The van der Waals surface area contributed by atoms with E-state index in [0.29, 0.717) is 21.9 Å². The molecule has 1 aliphatic rings. The first kappa shape index (κ1) is 26.9. The van der Waals surface area contributed by atoms with Crippen LogP contribution in [0.25, 0.3) is 6.08 Å². The van der Waals surface area contributed by atoms with Crippen molar-refractivity contribution in [1.82, 2.24) is 10.1 Å². The lowest BCUT2D eigenvalue weighted by Crippen LogP contribution is -2.29. The monoisotopic (exact) mass is 556 g/mol. The first-order valence-electron chi connectivity index (χ1n) is 11.4. The smallest absolute Gasteiger partial charge is 0.293 e. The summed E-state index contributed by atoms with van der Waals surface area (Å²) in [6, 6.07) is 12.7. The number of carbonyl (C=O) groups is 3. The molecule has 2 N–H and O–H groups in total. The minimum atomic E-state index is -3.88. The highest BCUT2D eigenvalue weighted by Gasteiger charge is 2.34. The molecule has 0 spiro atoms. The molecule has 0 bridgehead atoms. The predicted molar refractivity (Wildman–Crippen MR) is 142 cm³/mol. The van der Waals surface area contributed by atoms with Crippen molar-refractivity contribution in [3.8, 4) is 5.75 Å². The lowest BCUT2D eigenvalue weighted by atomic mass is 10.2. The number of hydrogen-bond acceptors (Lipinski definition) is 9. The summed E-state index contributed by atoms with van der Waals surface area (Å²) in [5.74, 6) is 0.0452. The molecule has 3 aromatic rings. The number of thioether (sulfide) groups is 1. The Labute approximate surface area is 223 Å². The van der Waals surface area contributed by atoms with Gasteiger partial charge in [0.25, 0.3) is 21.2 Å². The Hall–Kier alpha value is -4.10. The molecule has 38 heavy (non-hydrogen) atoms. The van der Waals surface area contributed by atoms with Crippen LogP contribution < -0.4 is 14.8 Å². The van der Waals surface area contributed by atoms with Crippen molar-refractivity contribution in [1.29, 1.82) is 0 Å². The molecule has 4 rings (SSSR count). The molecule has 2 aromatic carbocycles. The van der Waals surface area contributed by atoms with Crippen LogP contribution in [0.5, 0.6) is 5.75 Å². The van der Waals surface area contributed by atoms with Crippen molar-refractivity contribution in [2.24, 2.45) is 0 Å². The minimum absolute atomic E-state index is 0.0139. The number of hydrogen-bond donors (Lipinski definition) is 2. The number of benzene rings is 2. The molecule has 0 radical (unpaired) electrons. The van der Waals surface area contributed by atoms with Gasteiger partial charge >= 0.3 is 0 Å². The lowest BCUT2D eigenvalue weighted by Gasteiger charge is -2.12. The van der Waals surface area contributed by atoms with Gasteiger partial charge in [-0.2, -0.15) is 0 Å². The van der Waals surface area contributed by atoms with Crippen LogP contribution >= 0.6 is 11.8 Å². The fourth-order valence-electron chi connectivity index (χ4n) is 3.45. The quantitative estimate of drug-likeness (QED) is 0.350. The summed E-state index contributed by atoms with van der Waals surface area (Å²) in [6.45, 7) is 1.75. The molecule has 0 unspecified atom stereocenters. The van der Waals surface area contributed by atoms with Crippen LogP contribution in [0.4, 0.5) is 16.3 Å². The van der Waals surface area contributed by atoms with Gasteiger partial charge in [-0.25, -0.2) is 8.42 Å². The van der Waals surface area contributed by atoms with Gasteiger partial charge in [-0.15, -0.1) is 0 Å². The maximum absolute atomic E-state index is 12.7. The van der Waals surface area contributed by atoms with Crippen molar-refractivity contribution in [3.63, 3.8) is 0 Å². The summed E-state index contributed by atoms with van der Waals surface area (Å²) in [5, 5.41) is 5.89. The molecule has 11 nitrogen and oxygen atoms in total. The van der Waals surface area contributed by atoms with Gasteiger partial charge in [0.15, 0.2) is 5.82 Å². The minimum Gasteiger partial charge on any atom is -0.497 e. The number of amides is 3. The van der Waals surface area contributed by atoms with Crippen LogP contribution in [0, 0.1) is 6.92 Å². The second-order valence-corrected chi connectivity index (χ2v) is 10.9. The Morgan fingerprint density at radius 2 is 1.84 bits per heavy atom. The summed E-state index contributed by atoms with van der Waals surface area (Å²) >= 11 is 0.856. The molecule has 1 aliphatic heterocycles. The zero-order valence-corrected chi connectivity index (χ0v) is 22.1. The summed E-state index contributed by atoms with van der Waals surface area (Å²) in [5.41, 5.74) is 1.71. The van der Waals surface area contributed by atoms with E-state index in [0.717, 1.165) is 22.2 Å². The van der Waals surface area contributed by atoms with Crippen LogP contribution in [0.15, 0.2) is 69.1 Å². The van der Waals surface area contributed by atoms with E-state index in [2.05, 4.69) is 15.2 Å². The summed E-state index contributed by atoms with van der Waals surface area (Å²) in [4.78, 5) is 38.8. The standard InChI is InChI=1S/C25H24N4O7S2/c1-16-15-36-27-23(16)28-38(33,34)20-11-7-18(8-12-20)26-22(30)4-3-13-29-24(31)21(37-25(29)32)14-17-5-9-19(35-2)10-6-17/h5-12,14-15H,3-4,13H2,1-2H3,(H,26,30)(H,27,28)/b21-14-. The van der Waals surface area contributed by atoms with Gasteiger partial charge in [-0.05, 0) is 73.1 Å². The second kappa shape index (κ2) is 11.5. The van der Waals surface area contributed by atoms with Crippen LogP contribution in [0.1, 0.15) is 24.0 Å². The number of rotatable bonds is 10. The summed E-state index contributed by atoms with van der Waals surface area (Å²) < 4.78 is 37.2. The Kier molecular flexibility index (Phi) is 8.17. The van der Waals surface area contributed by atoms with Gasteiger partial charge < -0.3 is 14.6 Å². The molecular formula is C25H24N4O7S2. The maximum Gasteiger partial charge on any atom is 0.293 e. The number of carbonyl (C=O) groups excluding carboxylic acids is 3. The first-order valence-corrected chi connectivity index (χ1v) is 13.7. The third kappa shape index (κ3) is 6.42. The molecule has 0 atom stereocenters. The molecule has 0 aliphatic carbocycles. The SMILES string of the molecule is COc1ccc(/C=C2\SC(=O)N(CCCC(=O)Nc3ccc(S(=O)(=O)Nc4nocc4C)cc3)C2=O)cc1. The van der Waals surface area contributed by atoms with Crippen molar-refractivity contribution < 1.29 is 32.1 Å². The average Bonchev–Trinajstić information content (AvgIpc) is 3.41. The zero-order valence-electron chi connectivity index (χ0n) is 20.5. The normalized spacial score (nSPS) is 14.7. The molecular weight excluding hydrogens is 532 g/mol. The summed E-state index contributed by atoms with van der Waals surface area (Å²) in [7, 11) is -2.32. The van der Waals surface area contributed by atoms with E-state index in [1.807, 2.05) is 0 Å². The van der Waals surface area contributed by atoms with Crippen LogP contribution in [-0.4, -0.2) is 49.2 Å². The fraction of sp³-hybridized carbons (Fsp3) is 0.200. The van der Waals surface area contributed by atoms with Gasteiger partial charge in [0.2, 0.25) is 5.91 Å². The first-order chi connectivity index (χ1) is 18.2. The number of nitrogens with one attached hydrogen (secondary N) is 2. The van der Waals surface area contributed by atoms with Gasteiger partial charge in [0.05, 0.1) is 16.9 Å². The highest BCUT2D eigenvalue weighted by molar-refractivity contribution is 8.18. The van der Waals surface area contributed by atoms with E-state index in [1.54, 1.807) is 44.4 Å². The molecule has 1 aromatic heterocycles. The third-order valence-electron chi connectivity index (χ3n) is 5.50. The molecule has 13 heteroatoms. The molecule has 0 saturated carbocycles. The zero-order chi connectivity index (χ0) is 27.3. The van der Waals surface area contributed by atoms with Crippen molar-refractivity contribution in [2.45, 2.75) is 24.7 Å². The van der Waals surface area contributed by atoms with E-state index in [4.69, 9.17) is 9.26 Å². The Morgan fingerprint density at radius 1 is 1.13 bits per heavy atom. The highest BCUT2D eigenvalue weighted by atomic mass is 32.2. The summed E-state index contributed by atoms with van der Waals surface area (Å²) in [6.07, 6.45) is 3.30. The Bertz CT molecular complexity index is 1480. The van der Waals surface area contributed by atoms with Crippen molar-refractivity contribution >= 4 is 56.4 Å². The Balaban J connectivity index is 1.27. The number of anilines is 2. The molecule has 3 amide bonds. The maximum atomic E-state index is 12.7. The van der Waals surface area contributed by atoms with Gasteiger partial charge in [0, 0.05) is 24.2 Å². The number of aryl methyl sites for hydroxylation is 1. The van der Waals surface area contributed by atoms with Gasteiger partial charge in [0.1, 0.15) is 12.0 Å². The third-order valence-corrected chi connectivity index (χ3v) is 7.76. The molecule has 1 fully saturated rings.